The van der Waals surface area contributed by atoms with E-state index in [0.717, 1.165) is 0 Å². The highest BCUT2D eigenvalue weighted by atomic mass is 32.2. The molecule has 3 aromatic rings. The number of benzene rings is 2. The first-order valence-corrected chi connectivity index (χ1v) is 9.98. The number of hydrogen-bond acceptors (Lipinski definition) is 5. The molecular weight excluding hydrogens is 386 g/mol. The maximum atomic E-state index is 12.8. The van der Waals surface area contributed by atoms with Crippen LogP contribution < -0.4 is 10.9 Å². The molecule has 6 nitrogen and oxygen atoms in total. The molecule has 1 N–H and O–H groups in total. The molecule has 7 heteroatoms. The molecule has 1 atom stereocenters. The number of para-hydroxylation sites is 2. The van der Waals surface area contributed by atoms with Crippen molar-refractivity contribution >= 4 is 40.0 Å². The molecule has 1 amide bonds. The molecule has 1 aromatic heterocycles. The summed E-state index contributed by atoms with van der Waals surface area (Å²) < 4.78 is 1.51. The first kappa shape index (κ1) is 20.5. The number of aromatic nitrogens is 2. The smallest absolute Gasteiger partial charge is 0.262 e. The molecule has 3 rings (SSSR count). The van der Waals surface area contributed by atoms with E-state index in [0.29, 0.717) is 33.9 Å². The molecule has 0 fully saturated rings. The van der Waals surface area contributed by atoms with Gasteiger partial charge in [0.05, 0.1) is 21.8 Å². The number of fused-ring (bicyclic) bond motifs is 1. The maximum absolute atomic E-state index is 12.8. The van der Waals surface area contributed by atoms with E-state index in [1.807, 2.05) is 6.07 Å². The highest BCUT2D eigenvalue weighted by Gasteiger charge is 2.20. The Kier molecular flexibility index (Phi) is 6.29. The summed E-state index contributed by atoms with van der Waals surface area (Å²) in [5.41, 5.74) is 1.32. The average molecular weight is 407 g/mol. The molecular formula is C22H21N3O3S. The quantitative estimate of drug-likeness (QED) is 0.278. The second-order valence-electron chi connectivity index (χ2n) is 6.47. The summed E-state index contributed by atoms with van der Waals surface area (Å²) in [6.07, 6.45) is 1.62. The first-order valence-electron chi connectivity index (χ1n) is 9.10. The largest absolute Gasteiger partial charge is 0.324 e. The van der Waals surface area contributed by atoms with Crippen LogP contribution in [-0.4, -0.2) is 26.5 Å². The van der Waals surface area contributed by atoms with Crippen LogP contribution in [0.2, 0.25) is 0 Å². The molecule has 29 heavy (non-hydrogen) atoms. The van der Waals surface area contributed by atoms with Crippen LogP contribution in [0.1, 0.15) is 24.2 Å². The Morgan fingerprint density at radius 1 is 1.21 bits per heavy atom. The molecule has 1 heterocycles. The molecule has 0 aliphatic carbocycles. The first-order chi connectivity index (χ1) is 13.9. The minimum absolute atomic E-state index is 0.128. The van der Waals surface area contributed by atoms with Gasteiger partial charge in [0.1, 0.15) is 0 Å². The molecule has 0 spiro atoms. The SMILES string of the molecule is C=CCn1c(S[C@@H](C)C(=O)Nc2ccccc2C(C)=O)nc2ccccc2c1=O. The molecule has 0 saturated heterocycles. The van der Waals surface area contributed by atoms with E-state index in [-0.39, 0.29) is 17.2 Å². The highest BCUT2D eigenvalue weighted by Crippen LogP contribution is 2.24. The summed E-state index contributed by atoms with van der Waals surface area (Å²) in [7, 11) is 0. The number of carbonyl (C=O) groups excluding carboxylic acids is 2. The van der Waals surface area contributed by atoms with Crippen LogP contribution in [-0.2, 0) is 11.3 Å². The lowest BCUT2D eigenvalue weighted by Crippen LogP contribution is -2.27. The fourth-order valence-corrected chi connectivity index (χ4v) is 3.79. The number of nitrogens with zero attached hydrogens (tertiary/aromatic N) is 2. The predicted molar refractivity (Wildman–Crippen MR) is 117 cm³/mol. The Labute approximate surface area is 172 Å². The number of nitrogens with one attached hydrogen (secondary N) is 1. The van der Waals surface area contributed by atoms with Gasteiger partial charge in [-0.1, -0.05) is 42.1 Å². The number of Topliss-reactive ketones (excluding diaryl/α,β-unsaturated/α-hetero) is 1. The van der Waals surface area contributed by atoms with Gasteiger partial charge in [-0.05, 0) is 38.1 Å². The zero-order valence-electron chi connectivity index (χ0n) is 16.2. The number of rotatable bonds is 7. The van der Waals surface area contributed by atoms with Crippen LogP contribution in [0.3, 0.4) is 0 Å². The van der Waals surface area contributed by atoms with Crippen LogP contribution in [0.25, 0.3) is 10.9 Å². The number of thioether (sulfide) groups is 1. The van der Waals surface area contributed by atoms with Crippen molar-refractivity contribution < 1.29 is 9.59 Å². The normalized spacial score (nSPS) is 11.8. The second-order valence-corrected chi connectivity index (χ2v) is 7.78. The zero-order valence-corrected chi connectivity index (χ0v) is 17.0. The minimum Gasteiger partial charge on any atom is -0.324 e. The van der Waals surface area contributed by atoms with Crippen molar-refractivity contribution in [3.05, 3.63) is 77.1 Å². The van der Waals surface area contributed by atoms with Crippen molar-refractivity contribution in [3.63, 3.8) is 0 Å². The zero-order chi connectivity index (χ0) is 21.0. The molecule has 0 radical (unpaired) electrons. The van der Waals surface area contributed by atoms with Crippen LogP contribution in [0, 0.1) is 0 Å². The van der Waals surface area contributed by atoms with Crippen molar-refractivity contribution in [1.82, 2.24) is 9.55 Å². The minimum atomic E-state index is -0.542. The Hall–Kier alpha value is -3.19. The van der Waals surface area contributed by atoms with Gasteiger partial charge in [-0.3, -0.25) is 19.0 Å². The number of amides is 1. The summed E-state index contributed by atoms with van der Waals surface area (Å²) in [5, 5.41) is 3.22. The fourth-order valence-electron chi connectivity index (χ4n) is 2.87. The van der Waals surface area contributed by atoms with E-state index in [4.69, 9.17) is 0 Å². The summed E-state index contributed by atoms with van der Waals surface area (Å²) in [6.45, 7) is 7.19. The summed E-state index contributed by atoms with van der Waals surface area (Å²) in [4.78, 5) is 41.9. The Morgan fingerprint density at radius 3 is 2.62 bits per heavy atom. The molecule has 148 valence electrons. The number of anilines is 1. The van der Waals surface area contributed by atoms with Crippen molar-refractivity contribution in [2.24, 2.45) is 0 Å². The van der Waals surface area contributed by atoms with Crippen LogP contribution in [0.4, 0.5) is 5.69 Å². The van der Waals surface area contributed by atoms with Gasteiger partial charge in [0.25, 0.3) is 5.56 Å². The second kappa shape index (κ2) is 8.87. The molecule has 0 aliphatic heterocycles. The lowest BCUT2D eigenvalue weighted by molar-refractivity contribution is -0.115. The topological polar surface area (TPSA) is 81.1 Å². The van der Waals surface area contributed by atoms with Crippen LogP contribution >= 0.6 is 11.8 Å². The van der Waals surface area contributed by atoms with E-state index in [9.17, 15) is 14.4 Å². The van der Waals surface area contributed by atoms with Crippen molar-refractivity contribution in [1.29, 1.82) is 0 Å². The van der Waals surface area contributed by atoms with Crippen molar-refractivity contribution in [2.75, 3.05) is 5.32 Å². The van der Waals surface area contributed by atoms with Crippen molar-refractivity contribution in [3.8, 4) is 0 Å². The molecule has 2 aromatic carbocycles. The van der Waals surface area contributed by atoms with Crippen LogP contribution in [0.15, 0.2) is 71.1 Å². The third kappa shape index (κ3) is 4.46. The lowest BCUT2D eigenvalue weighted by atomic mass is 10.1. The standard InChI is InChI=1S/C22H21N3O3S/c1-4-13-25-21(28)17-10-6-8-12-19(17)24-22(25)29-15(3)20(27)23-18-11-7-5-9-16(18)14(2)26/h4-12,15H,1,13H2,2-3H3,(H,23,27)/t15-/m0/s1. The van der Waals surface area contributed by atoms with Gasteiger partial charge >= 0.3 is 0 Å². The highest BCUT2D eigenvalue weighted by molar-refractivity contribution is 8.00. The predicted octanol–water partition coefficient (Wildman–Crippen LogP) is 3.90. The van der Waals surface area contributed by atoms with Gasteiger partial charge in [0.15, 0.2) is 10.9 Å². The number of carbonyl (C=O) groups is 2. The van der Waals surface area contributed by atoms with E-state index in [1.165, 1.54) is 23.3 Å². The van der Waals surface area contributed by atoms with Crippen LogP contribution in [0.5, 0.6) is 0 Å². The lowest BCUT2D eigenvalue weighted by Gasteiger charge is -2.16. The van der Waals surface area contributed by atoms with E-state index in [2.05, 4.69) is 16.9 Å². The third-order valence-electron chi connectivity index (χ3n) is 4.35. The van der Waals surface area contributed by atoms with Gasteiger partial charge < -0.3 is 5.32 Å². The third-order valence-corrected chi connectivity index (χ3v) is 5.44. The monoisotopic (exact) mass is 407 g/mol. The molecule has 0 bridgehead atoms. The Bertz CT molecular complexity index is 1150. The number of allylic oxidation sites excluding steroid dienone is 1. The number of ketones is 1. The number of hydrogen-bond donors (Lipinski definition) is 1. The Balaban J connectivity index is 1.89. The summed E-state index contributed by atoms with van der Waals surface area (Å²) >= 11 is 1.19. The van der Waals surface area contributed by atoms with Gasteiger partial charge in [0.2, 0.25) is 5.91 Å². The molecule has 0 saturated carbocycles. The van der Waals surface area contributed by atoms with Gasteiger partial charge in [-0.15, -0.1) is 6.58 Å². The van der Waals surface area contributed by atoms with E-state index < -0.39 is 5.25 Å². The molecule has 0 unspecified atom stereocenters. The fraction of sp³-hybridized carbons (Fsp3) is 0.182. The van der Waals surface area contributed by atoms with E-state index >= 15 is 0 Å². The molecule has 0 aliphatic rings. The van der Waals surface area contributed by atoms with Gasteiger partial charge in [-0.25, -0.2) is 4.98 Å². The van der Waals surface area contributed by atoms with Gasteiger partial charge in [-0.2, -0.15) is 0 Å². The average Bonchev–Trinajstić information content (AvgIpc) is 2.71. The summed E-state index contributed by atoms with van der Waals surface area (Å²) in [5.74, 6) is -0.409. The maximum Gasteiger partial charge on any atom is 0.262 e. The van der Waals surface area contributed by atoms with Gasteiger partial charge in [0, 0.05) is 12.1 Å². The van der Waals surface area contributed by atoms with E-state index in [1.54, 1.807) is 55.5 Å². The summed E-state index contributed by atoms with van der Waals surface area (Å²) in [6, 6.07) is 14.0. The van der Waals surface area contributed by atoms with Crippen molar-refractivity contribution in [2.45, 2.75) is 30.8 Å². The Morgan fingerprint density at radius 2 is 1.90 bits per heavy atom.